The molecule has 0 bridgehead atoms. The van der Waals surface area contributed by atoms with Gasteiger partial charge in [-0.15, -0.1) is 0 Å². The van der Waals surface area contributed by atoms with E-state index in [0.717, 1.165) is 25.9 Å². The number of nitrogens with zero attached hydrogens (tertiary/aromatic N) is 3. The summed E-state index contributed by atoms with van der Waals surface area (Å²) >= 11 is 0. The predicted molar refractivity (Wildman–Crippen MR) is 116 cm³/mol. The zero-order valence-electron chi connectivity index (χ0n) is 17.0. The van der Waals surface area contributed by atoms with Crippen molar-refractivity contribution >= 4 is 11.5 Å². The monoisotopic (exact) mass is 387 g/mol. The van der Waals surface area contributed by atoms with E-state index in [4.69, 9.17) is 0 Å². The molecule has 1 amide bonds. The second-order valence-electron chi connectivity index (χ2n) is 8.68. The topological polar surface area (TPSA) is 36.4 Å². The molecule has 2 aliphatic heterocycles. The first-order valence-electron chi connectivity index (χ1n) is 11.0. The lowest BCUT2D eigenvalue weighted by Crippen LogP contribution is -2.30. The zero-order valence-corrected chi connectivity index (χ0v) is 17.0. The van der Waals surface area contributed by atoms with E-state index in [1.165, 1.54) is 49.2 Å². The van der Waals surface area contributed by atoms with Gasteiger partial charge >= 0.3 is 0 Å². The van der Waals surface area contributed by atoms with Crippen LogP contribution in [0.15, 0.2) is 54.7 Å². The Kier molecular flexibility index (Phi) is 5.19. The van der Waals surface area contributed by atoms with Crippen LogP contribution in [0.3, 0.4) is 0 Å². The molecule has 0 N–H and O–H groups in total. The van der Waals surface area contributed by atoms with Gasteiger partial charge in [-0.3, -0.25) is 9.78 Å². The van der Waals surface area contributed by atoms with Crippen LogP contribution in [0.25, 0.3) is 5.57 Å². The summed E-state index contributed by atoms with van der Waals surface area (Å²) in [5.41, 5.74) is 4.74. The normalized spacial score (nSPS) is 24.0. The molecule has 1 aromatic heterocycles. The average molecular weight is 388 g/mol. The molecule has 3 heterocycles. The van der Waals surface area contributed by atoms with E-state index in [2.05, 4.69) is 40.2 Å². The molecule has 0 spiro atoms. The van der Waals surface area contributed by atoms with Crippen LogP contribution in [-0.4, -0.2) is 53.4 Å². The summed E-state index contributed by atoms with van der Waals surface area (Å²) in [4.78, 5) is 21.6. The minimum Gasteiger partial charge on any atom is -0.336 e. The molecule has 29 heavy (non-hydrogen) atoms. The third-order valence-corrected chi connectivity index (χ3v) is 6.85. The number of rotatable bonds is 5. The van der Waals surface area contributed by atoms with Crippen molar-refractivity contribution in [2.24, 2.45) is 11.8 Å². The number of carbonyl (C=O) groups is 1. The van der Waals surface area contributed by atoms with Crippen molar-refractivity contribution in [2.75, 3.05) is 32.7 Å². The van der Waals surface area contributed by atoms with Crippen LogP contribution in [0, 0.1) is 11.8 Å². The molecule has 2 atom stereocenters. The van der Waals surface area contributed by atoms with Crippen molar-refractivity contribution in [3.63, 3.8) is 0 Å². The lowest BCUT2D eigenvalue weighted by atomic mass is 9.90. The van der Waals surface area contributed by atoms with Crippen molar-refractivity contribution in [1.29, 1.82) is 0 Å². The highest BCUT2D eigenvalue weighted by Crippen LogP contribution is 2.43. The Hall–Kier alpha value is -2.46. The molecule has 4 heteroatoms. The van der Waals surface area contributed by atoms with E-state index in [0.29, 0.717) is 17.5 Å². The number of carbonyl (C=O) groups excluding carboxylic acids is 1. The van der Waals surface area contributed by atoms with Gasteiger partial charge in [-0.2, -0.15) is 0 Å². The highest BCUT2D eigenvalue weighted by Gasteiger charge is 2.40. The maximum Gasteiger partial charge on any atom is 0.272 e. The van der Waals surface area contributed by atoms with E-state index in [-0.39, 0.29) is 5.91 Å². The molecule has 2 fully saturated rings. The summed E-state index contributed by atoms with van der Waals surface area (Å²) < 4.78 is 0. The lowest BCUT2D eigenvalue weighted by molar-refractivity contribution is 0.0779. The van der Waals surface area contributed by atoms with Crippen molar-refractivity contribution in [1.82, 2.24) is 14.8 Å². The third kappa shape index (κ3) is 3.86. The Bertz CT molecular complexity index is 884. The summed E-state index contributed by atoms with van der Waals surface area (Å²) in [7, 11) is 0. The van der Waals surface area contributed by atoms with Crippen LogP contribution in [-0.2, 0) is 6.42 Å². The average Bonchev–Trinajstić information content (AvgIpc) is 3.50. The van der Waals surface area contributed by atoms with Gasteiger partial charge in [0.25, 0.3) is 5.91 Å². The molecule has 2 saturated heterocycles. The molecule has 3 aliphatic rings. The Morgan fingerprint density at radius 3 is 2.62 bits per heavy atom. The van der Waals surface area contributed by atoms with E-state index < -0.39 is 0 Å². The van der Waals surface area contributed by atoms with Crippen LogP contribution in [0.1, 0.15) is 40.9 Å². The first kappa shape index (κ1) is 18.6. The second-order valence-corrected chi connectivity index (χ2v) is 8.68. The third-order valence-electron chi connectivity index (χ3n) is 6.85. The number of pyridine rings is 1. The Morgan fingerprint density at radius 1 is 1.03 bits per heavy atom. The number of likely N-dealkylation sites (tertiary alicyclic amines) is 2. The summed E-state index contributed by atoms with van der Waals surface area (Å²) in [5.74, 6) is 1.07. The Balaban J connectivity index is 1.22. The molecule has 1 aliphatic carbocycles. The van der Waals surface area contributed by atoms with E-state index in [9.17, 15) is 4.79 Å². The quantitative estimate of drug-likeness (QED) is 0.781. The maximum absolute atomic E-state index is 12.8. The van der Waals surface area contributed by atoms with Gasteiger partial charge in [0.15, 0.2) is 0 Å². The minimum absolute atomic E-state index is 0.0663. The van der Waals surface area contributed by atoms with Crippen molar-refractivity contribution in [3.05, 3.63) is 71.6 Å². The molecular formula is C25H29N3O. The second kappa shape index (κ2) is 8.11. The minimum atomic E-state index is 0.0663. The van der Waals surface area contributed by atoms with Crippen LogP contribution < -0.4 is 0 Å². The van der Waals surface area contributed by atoms with Gasteiger partial charge in [0.05, 0.1) is 0 Å². The maximum atomic E-state index is 12.8. The number of fused-ring (bicyclic) bond motifs is 1. The fraction of sp³-hybridized carbons (Fsp3) is 0.440. The number of aromatic nitrogens is 1. The number of hydrogen-bond acceptors (Lipinski definition) is 3. The largest absolute Gasteiger partial charge is 0.336 e. The molecule has 2 unspecified atom stereocenters. The smallest absolute Gasteiger partial charge is 0.272 e. The Labute approximate surface area is 173 Å². The zero-order chi connectivity index (χ0) is 19.6. The highest BCUT2D eigenvalue weighted by molar-refractivity contribution is 5.92. The fourth-order valence-electron chi connectivity index (χ4n) is 5.20. The van der Waals surface area contributed by atoms with Gasteiger partial charge in [-0.05, 0) is 73.5 Å². The predicted octanol–water partition coefficient (Wildman–Crippen LogP) is 3.90. The number of hydrogen-bond donors (Lipinski definition) is 0. The van der Waals surface area contributed by atoms with Crippen molar-refractivity contribution in [2.45, 2.75) is 25.7 Å². The van der Waals surface area contributed by atoms with Gasteiger partial charge in [0.2, 0.25) is 0 Å². The van der Waals surface area contributed by atoms with E-state index in [1.54, 1.807) is 6.20 Å². The summed E-state index contributed by atoms with van der Waals surface area (Å²) in [5, 5.41) is 0. The molecule has 150 valence electrons. The van der Waals surface area contributed by atoms with Crippen molar-refractivity contribution in [3.8, 4) is 0 Å². The fourth-order valence-corrected chi connectivity index (χ4v) is 5.20. The van der Waals surface area contributed by atoms with Gasteiger partial charge in [0, 0.05) is 31.7 Å². The van der Waals surface area contributed by atoms with Crippen LogP contribution >= 0.6 is 0 Å². The molecule has 5 rings (SSSR count). The van der Waals surface area contributed by atoms with E-state index in [1.807, 2.05) is 23.1 Å². The molecule has 2 aromatic rings. The van der Waals surface area contributed by atoms with Crippen LogP contribution in [0.2, 0.25) is 0 Å². The number of benzene rings is 1. The van der Waals surface area contributed by atoms with Gasteiger partial charge < -0.3 is 9.80 Å². The first-order chi connectivity index (χ1) is 14.3. The molecule has 0 radical (unpaired) electrons. The molecule has 4 nitrogen and oxygen atoms in total. The standard InChI is InChI=1S/C25H29N3O/c29-25(24-5-1-2-13-26-24)28-17-21-10-11-22(23(21)18-28)20-8-6-19(7-9-20)12-16-27-14-3-4-15-27/h1-2,5-9,11,13,21,23H,3-4,10,12,14-18H2. The van der Waals surface area contributed by atoms with Crippen molar-refractivity contribution < 1.29 is 4.79 Å². The summed E-state index contributed by atoms with van der Waals surface area (Å²) in [6.07, 6.45) is 9.02. The SMILES string of the molecule is O=C(c1ccccn1)N1CC2CC=C(c3ccc(CCN4CCCC4)cc3)C2C1. The molecule has 0 saturated carbocycles. The van der Waals surface area contributed by atoms with E-state index >= 15 is 0 Å². The van der Waals surface area contributed by atoms with Gasteiger partial charge in [-0.1, -0.05) is 36.4 Å². The van der Waals surface area contributed by atoms with Crippen LogP contribution in [0.5, 0.6) is 0 Å². The Morgan fingerprint density at radius 2 is 1.86 bits per heavy atom. The summed E-state index contributed by atoms with van der Waals surface area (Å²) in [6, 6.07) is 14.7. The van der Waals surface area contributed by atoms with Gasteiger partial charge in [0.1, 0.15) is 5.69 Å². The number of allylic oxidation sites excluding steroid dienone is 1. The molecular weight excluding hydrogens is 358 g/mol. The van der Waals surface area contributed by atoms with Crippen LogP contribution in [0.4, 0.5) is 0 Å². The lowest BCUT2D eigenvalue weighted by Gasteiger charge is -2.18. The number of amides is 1. The highest BCUT2D eigenvalue weighted by atomic mass is 16.2. The summed E-state index contributed by atoms with van der Waals surface area (Å²) in [6.45, 7) is 5.36. The molecule has 1 aromatic carbocycles. The van der Waals surface area contributed by atoms with Gasteiger partial charge in [-0.25, -0.2) is 0 Å². The first-order valence-corrected chi connectivity index (χ1v) is 11.0.